The van der Waals surface area contributed by atoms with Crippen LogP contribution >= 0.6 is 0 Å². The molecule has 4 aromatic carbocycles. The van der Waals surface area contributed by atoms with Crippen LogP contribution in [0.1, 0.15) is 28.5 Å². The molecule has 0 aliphatic heterocycles. The van der Waals surface area contributed by atoms with Crippen molar-refractivity contribution in [1.82, 2.24) is 9.78 Å². The van der Waals surface area contributed by atoms with E-state index < -0.39 is 5.97 Å². The minimum absolute atomic E-state index is 0.240. The molecule has 5 aromatic rings. The van der Waals surface area contributed by atoms with E-state index in [9.17, 15) is 9.59 Å². The average molecular weight is 502 g/mol. The number of benzene rings is 4. The second kappa shape index (κ2) is 10.6. The van der Waals surface area contributed by atoms with E-state index in [0.29, 0.717) is 11.4 Å². The van der Waals surface area contributed by atoms with Gasteiger partial charge in [-0.15, -0.1) is 0 Å². The number of nitrogens with one attached hydrogen (secondary N) is 1. The number of nitrogens with zero attached hydrogens (tertiary/aromatic N) is 2. The minimum Gasteiger partial charge on any atom is -0.465 e. The third-order valence-corrected chi connectivity index (χ3v) is 6.47. The first kappa shape index (κ1) is 24.7. The first-order valence-corrected chi connectivity index (χ1v) is 12.3. The molecule has 0 radical (unpaired) electrons. The maximum atomic E-state index is 12.9. The summed E-state index contributed by atoms with van der Waals surface area (Å²) in [6.07, 6.45) is 3.46. The lowest BCUT2D eigenvalue weighted by molar-refractivity contribution is -0.111. The Kier molecular flexibility index (Phi) is 6.87. The number of hydrogen-bond donors (Lipinski definition) is 1. The van der Waals surface area contributed by atoms with Gasteiger partial charge in [0, 0.05) is 17.8 Å². The van der Waals surface area contributed by atoms with Crippen molar-refractivity contribution in [2.45, 2.75) is 13.8 Å². The van der Waals surface area contributed by atoms with E-state index in [1.807, 2.05) is 86.8 Å². The summed E-state index contributed by atoms with van der Waals surface area (Å²) in [5, 5.41) is 9.72. The molecule has 5 rings (SSSR count). The molecule has 0 bridgehead atoms. The Morgan fingerprint density at radius 2 is 1.63 bits per heavy atom. The summed E-state index contributed by atoms with van der Waals surface area (Å²) in [4.78, 5) is 25.6. The van der Waals surface area contributed by atoms with E-state index in [1.54, 1.807) is 16.8 Å². The fourth-order valence-electron chi connectivity index (χ4n) is 4.44. The van der Waals surface area contributed by atoms with Gasteiger partial charge < -0.3 is 10.1 Å². The summed E-state index contributed by atoms with van der Waals surface area (Å²) < 4.78 is 6.73. The van der Waals surface area contributed by atoms with Gasteiger partial charge in [-0.3, -0.25) is 4.79 Å². The molecule has 188 valence electrons. The average Bonchev–Trinajstić information content (AvgIpc) is 3.34. The largest absolute Gasteiger partial charge is 0.465 e. The molecule has 38 heavy (non-hydrogen) atoms. The Labute approximate surface area is 221 Å². The highest BCUT2D eigenvalue weighted by molar-refractivity contribution is 6.08. The van der Waals surface area contributed by atoms with E-state index in [4.69, 9.17) is 4.74 Å². The fraction of sp³-hybridized carbons (Fsp3) is 0.0938. The number of esters is 1. The Balaban J connectivity index is 1.42. The zero-order valence-corrected chi connectivity index (χ0v) is 21.4. The van der Waals surface area contributed by atoms with Crippen molar-refractivity contribution in [2.75, 3.05) is 12.4 Å². The van der Waals surface area contributed by atoms with Crippen LogP contribution in [-0.2, 0) is 9.53 Å². The van der Waals surface area contributed by atoms with Gasteiger partial charge in [-0.25, -0.2) is 9.48 Å². The van der Waals surface area contributed by atoms with Crippen LogP contribution in [-0.4, -0.2) is 28.8 Å². The van der Waals surface area contributed by atoms with Crippen LogP contribution < -0.4 is 5.32 Å². The van der Waals surface area contributed by atoms with Gasteiger partial charge in [-0.2, -0.15) is 5.10 Å². The number of ether oxygens (including phenoxy) is 1. The summed E-state index contributed by atoms with van der Waals surface area (Å²) in [6.45, 7) is 3.83. The third kappa shape index (κ3) is 5.11. The molecule has 0 saturated carbocycles. The van der Waals surface area contributed by atoms with Crippen LogP contribution in [0.5, 0.6) is 0 Å². The first-order chi connectivity index (χ1) is 18.4. The van der Waals surface area contributed by atoms with Crippen molar-refractivity contribution in [3.63, 3.8) is 0 Å². The Hall–Kier alpha value is -4.97. The molecule has 1 N–H and O–H groups in total. The normalized spacial score (nSPS) is 11.4. The van der Waals surface area contributed by atoms with Crippen molar-refractivity contribution in [3.8, 4) is 16.8 Å². The van der Waals surface area contributed by atoms with Crippen LogP contribution in [0.15, 0.2) is 103 Å². The second-order valence-corrected chi connectivity index (χ2v) is 9.04. The van der Waals surface area contributed by atoms with Gasteiger partial charge in [0.15, 0.2) is 0 Å². The molecular formula is C32H27N3O3. The quantitative estimate of drug-likeness (QED) is 0.204. The summed E-state index contributed by atoms with van der Waals surface area (Å²) in [5.74, 6) is -0.889. The number of anilines is 1. The van der Waals surface area contributed by atoms with Gasteiger partial charge in [-0.05, 0) is 65.6 Å². The van der Waals surface area contributed by atoms with Crippen LogP contribution in [0, 0.1) is 6.92 Å². The SMILES string of the molecule is COC(=O)c1cc(-n2cc(-c3ccccc3)c(C)n2)ccc1NC(=O)C=C(C)c1ccc2ccccc2c1. The Morgan fingerprint density at radius 1 is 0.895 bits per heavy atom. The number of aryl methyl sites for hydroxylation is 1. The summed E-state index contributed by atoms with van der Waals surface area (Å²) in [5.41, 5.74) is 5.96. The summed E-state index contributed by atoms with van der Waals surface area (Å²) in [7, 11) is 1.32. The molecule has 1 amide bonds. The molecular weight excluding hydrogens is 474 g/mol. The molecule has 0 unspecified atom stereocenters. The van der Waals surface area contributed by atoms with Crippen molar-refractivity contribution in [3.05, 3.63) is 120 Å². The molecule has 0 fully saturated rings. The van der Waals surface area contributed by atoms with Crippen molar-refractivity contribution < 1.29 is 14.3 Å². The molecule has 6 nitrogen and oxygen atoms in total. The highest BCUT2D eigenvalue weighted by atomic mass is 16.5. The van der Waals surface area contributed by atoms with E-state index in [0.717, 1.165) is 38.7 Å². The van der Waals surface area contributed by atoms with Gasteiger partial charge in [0.05, 0.1) is 29.7 Å². The van der Waals surface area contributed by atoms with Crippen LogP contribution in [0.25, 0.3) is 33.2 Å². The molecule has 0 spiro atoms. The molecule has 0 saturated heterocycles. The second-order valence-electron chi connectivity index (χ2n) is 9.04. The number of carbonyl (C=O) groups excluding carboxylic acids is 2. The Bertz CT molecular complexity index is 1680. The van der Waals surface area contributed by atoms with Gasteiger partial charge in [-0.1, -0.05) is 66.7 Å². The Morgan fingerprint density at radius 3 is 2.39 bits per heavy atom. The summed E-state index contributed by atoms with van der Waals surface area (Å²) >= 11 is 0. The van der Waals surface area contributed by atoms with Crippen LogP contribution in [0.4, 0.5) is 5.69 Å². The van der Waals surface area contributed by atoms with Gasteiger partial charge in [0.25, 0.3) is 0 Å². The number of methoxy groups -OCH3 is 1. The molecule has 1 heterocycles. The van der Waals surface area contributed by atoms with E-state index in [2.05, 4.69) is 22.5 Å². The van der Waals surface area contributed by atoms with Gasteiger partial charge in [0.2, 0.25) is 5.91 Å². The molecule has 0 aliphatic rings. The lowest BCUT2D eigenvalue weighted by atomic mass is 10.0. The standard InChI is InChI=1S/C32H27N3O3/c1-21(25-14-13-23-9-7-8-12-26(23)18-25)17-31(36)33-30-16-15-27(19-28(30)32(37)38-3)35-20-29(22(2)34-35)24-10-5-4-6-11-24/h4-20H,1-3H3,(H,33,36). The fourth-order valence-corrected chi connectivity index (χ4v) is 4.44. The number of amides is 1. The van der Waals surface area contributed by atoms with E-state index in [1.165, 1.54) is 13.2 Å². The minimum atomic E-state index is -0.551. The number of carbonyl (C=O) groups is 2. The lowest BCUT2D eigenvalue weighted by Gasteiger charge is -2.11. The van der Waals surface area contributed by atoms with Crippen molar-refractivity contribution in [2.24, 2.45) is 0 Å². The lowest BCUT2D eigenvalue weighted by Crippen LogP contribution is -2.14. The maximum Gasteiger partial charge on any atom is 0.340 e. The van der Waals surface area contributed by atoms with Gasteiger partial charge >= 0.3 is 5.97 Å². The first-order valence-electron chi connectivity index (χ1n) is 12.3. The van der Waals surface area contributed by atoms with E-state index in [-0.39, 0.29) is 11.5 Å². The number of fused-ring (bicyclic) bond motifs is 1. The smallest absolute Gasteiger partial charge is 0.340 e. The molecule has 1 aromatic heterocycles. The number of allylic oxidation sites excluding steroid dienone is 1. The zero-order valence-electron chi connectivity index (χ0n) is 21.4. The number of aromatic nitrogens is 2. The molecule has 0 atom stereocenters. The predicted octanol–water partition coefficient (Wildman–Crippen LogP) is 6.83. The topological polar surface area (TPSA) is 73.2 Å². The highest BCUT2D eigenvalue weighted by Gasteiger charge is 2.17. The molecule has 0 aliphatic carbocycles. The third-order valence-electron chi connectivity index (χ3n) is 6.47. The van der Waals surface area contributed by atoms with E-state index >= 15 is 0 Å². The summed E-state index contributed by atoms with van der Waals surface area (Å²) in [6, 6.07) is 29.3. The van der Waals surface area contributed by atoms with Crippen LogP contribution in [0.3, 0.4) is 0 Å². The maximum absolute atomic E-state index is 12.9. The monoisotopic (exact) mass is 501 g/mol. The van der Waals surface area contributed by atoms with Crippen molar-refractivity contribution >= 4 is 33.9 Å². The van der Waals surface area contributed by atoms with Gasteiger partial charge in [0.1, 0.15) is 0 Å². The number of rotatable bonds is 6. The van der Waals surface area contributed by atoms with Crippen LogP contribution in [0.2, 0.25) is 0 Å². The predicted molar refractivity (Wildman–Crippen MR) is 151 cm³/mol. The number of hydrogen-bond acceptors (Lipinski definition) is 4. The molecule has 6 heteroatoms. The highest BCUT2D eigenvalue weighted by Crippen LogP contribution is 2.27. The zero-order chi connectivity index (χ0) is 26.6. The van der Waals surface area contributed by atoms with Crippen molar-refractivity contribution in [1.29, 1.82) is 0 Å².